The zero-order valence-corrected chi connectivity index (χ0v) is 16.1. The molecule has 2 fully saturated rings. The van der Waals surface area contributed by atoms with Crippen molar-refractivity contribution in [3.05, 3.63) is 22.7 Å². The molecule has 3 amide bonds. The molecule has 2 aromatic heterocycles. The van der Waals surface area contributed by atoms with E-state index in [4.69, 9.17) is 0 Å². The van der Waals surface area contributed by atoms with Crippen molar-refractivity contribution in [3.8, 4) is 0 Å². The molecule has 1 atom stereocenters. The Morgan fingerprint density at radius 1 is 1.33 bits per heavy atom. The Morgan fingerprint density at radius 2 is 2.22 bits per heavy atom. The molecule has 144 valence electrons. The number of H-pyrrole nitrogens is 1. The second kappa shape index (κ2) is 7.63. The summed E-state index contributed by atoms with van der Waals surface area (Å²) in [6.45, 7) is 4.64. The van der Waals surface area contributed by atoms with Crippen molar-refractivity contribution >= 4 is 28.4 Å². The Labute approximate surface area is 161 Å². The van der Waals surface area contributed by atoms with Gasteiger partial charge >= 0.3 is 6.03 Å². The zero-order chi connectivity index (χ0) is 18.8. The van der Waals surface area contributed by atoms with Crippen molar-refractivity contribution in [2.75, 3.05) is 31.1 Å². The van der Waals surface area contributed by atoms with Gasteiger partial charge in [-0.3, -0.25) is 14.8 Å². The summed E-state index contributed by atoms with van der Waals surface area (Å²) in [5.41, 5.74) is 0.717. The van der Waals surface area contributed by atoms with Gasteiger partial charge in [0.1, 0.15) is 5.82 Å². The van der Waals surface area contributed by atoms with E-state index in [2.05, 4.69) is 25.5 Å². The highest BCUT2D eigenvalue weighted by molar-refractivity contribution is 7.14. The highest BCUT2D eigenvalue weighted by atomic mass is 32.1. The van der Waals surface area contributed by atoms with Crippen LogP contribution < -0.4 is 10.2 Å². The summed E-state index contributed by atoms with van der Waals surface area (Å²) in [5, 5.41) is 12.5. The fourth-order valence-electron chi connectivity index (χ4n) is 3.54. The van der Waals surface area contributed by atoms with Gasteiger partial charge in [-0.15, -0.1) is 11.3 Å². The number of aryl methyl sites for hydroxylation is 1. The first-order chi connectivity index (χ1) is 13.1. The molecule has 10 heteroatoms. The van der Waals surface area contributed by atoms with Crippen LogP contribution in [0, 0.1) is 6.92 Å². The number of carbonyl (C=O) groups excluding carboxylic acids is 2. The van der Waals surface area contributed by atoms with E-state index in [1.54, 1.807) is 4.90 Å². The number of aromatic nitrogens is 4. The van der Waals surface area contributed by atoms with Crippen LogP contribution in [0.3, 0.4) is 0 Å². The Bertz CT molecular complexity index is 833. The van der Waals surface area contributed by atoms with Crippen LogP contribution >= 0.6 is 11.3 Å². The highest BCUT2D eigenvalue weighted by Crippen LogP contribution is 2.26. The molecule has 2 N–H and O–H groups in total. The van der Waals surface area contributed by atoms with Crippen LogP contribution in [0.4, 0.5) is 9.93 Å². The third-order valence-corrected chi connectivity index (χ3v) is 5.85. The highest BCUT2D eigenvalue weighted by Gasteiger charge is 2.28. The molecule has 0 unspecified atom stereocenters. The zero-order valence-electron chi connectivity index (χ0n) is 15.3. The number of aromatic amines is 1. The number of hydrogen-bond acceptors (Lipinski definition) is 6. The van der Waals surface area contributed by atoms with E-state index in [1.807, 2.05) is 17.2 Å². The number of thiazole rings is 1. The topological polar surface area (TPSA) is 107 Å². The van der Waals surface area contributed by atoms with E-state index in [9.17, 15) is 9.59 Å². The molecule has 0 saturated carbocycles. The summed E-state index contributed by atoms with van der Waals surface area (Å²) in [4.78, 5) is 37.1. The summed E-state index contributed by atoms with van der Waals surface area (Å²) < 4.78 is 0. The third kappa shape index (κ3) is 3.95. The summed E-state index contributed by atoms with van der Waals surface area (Å²) >= 11 is 1.41. The molecular weight excluding hydrogens is 366 g/mol. The molecule has 2 aliphatic heterocycles. The van der Waals surface area contributed by atoms with Crippen molar-refractivity contribution in [2.45, 2.75) is 38.5 Å². The van der Waals surface area contributed by atoms with E-state index >= 15 is 0 Å². The molecule has 9 nitrogen and oxygen atoms in total. The summed E-state index contributed by atoms with van der Waals surface area (Å²) in [6.07, 6.45) is 3.09. The van der Waals surface area contributed by atoms with E-state index in [-0.39, 0.29) is 24.3 Å². The molecule has 2 aliphatic rings. The second-order valence-corrected chi connectivity index (χ2v) is 7.83. The van der Waals surface area contributed by atoms with Gasteiger partial charge in [0.25, 0.3) is 0 Å². The standard InChI is InChI=1S/C17H23N7O2S/c1-11-19-15(22-21-11)12-4-2-6-23(9-12)14(25)8-13-10-27-17(20-13)24-7-3-5-18-16(24)26/h10,12H,2-9H2,1H3,(H,18,26)(H,19,21,22)/t12-/m1/s1. The minimum Gasteiger partial charge on any atom is -0.342 e. The Hall–Kier alpha value is -2.49. The molecule has 0 spiro atoms. The lowest BCUT2D eigenvalue weighted by molar-refractivity contribution is -0.131. The summed E-state index contributed by atoms with van der Waals surface area (Å²) in [6, 6.07) is -0.117. The molecule has 2 saturated heterocycles. The number of anilines is 1. The van der Waals surface area contributed by atoms with Gasteiger partial charge < -0.3 is 10.2 Å². The van der Waals surface area contributed by atoms with Crippen LogP contribution in [0.1, 0.15) is 42.5 Å². The minimum absolute atomic E-state index is 0.0619. The molecule has 4 heterocycles. The molecule has 4 rings (SSSR count). The van der Waals surface area contributed by atoms with E-state index in [1.165, 1.54) is 11.3 Å². The van der Waals surface area contributed by atoms with Gasteiger partial charge in [-0.2, -0.15) is 5.10 Å². The van der Waals surface area contributed by atoms with Crippen LogP contribution in [0.15, 0.2) is 5.38 Å². The number of likely N-dealkylation sites (tertiary alicyclic amines) is 1. The minimum atomic E-state index is -0.117. The molecule has 0 aliphatic carbocycles. The molecule has 0 radical (unpaired) electrons. The number of rotatable bonds is 4. The number of nitrogens with one attached hydrogen (secondary N) is 2. The van der Waals surface area contributed by atoms with Gasteiger partial charge in [0.15, 0.2) is 11.0 Å². The molecule has 0 aromatic carbocycles. The Morgan fingerprint density at radius 3 is 3.00 bits per heavy atom. The van der Waals surface area contributed by atoms with E-state index in [0.717, 1.165) is 37.5 Å². The maximum Gasteiger partial charge on any atom is 0.323 e. The largest absolute Gasteiger partial charge is 0.342 e. The third-order valence-electron chi connectivity index (χ3n) is 4.94. The number of urea groups is 1. The average molecular weight is 389 g/mol. The van der Waals surface area contributed by atoms with Crippen molar-refractivity contribution in [3.63, 3.8) is 0 Å². The molecule has 27 heavy (non-hydrogen) atoms. The second-order valence-electron chi connectivity index (χ2n) is 6.99. The van der Waals surface area contributed by atoms with Gasteiger partial charge in [-0.25, -0.2) is 14.8 Å². The number of hydrogen-bond donors (Lipinski definition) is 2. The molecule has 0 bridgehead atoms. The first kappa shape index (κ1) is 17.9. The predicted octanol–water partition coefficient (Wildman–Crippen LogP) is 1.44. The fourth-order valence-corrected chi connectivity index (χ4v) is 4.39. The number of carbonyl (C=O) groups is 2. The van der Waals surface area contributed by atoms with Gasteiger partial charge in [0.05, 0.1) is 12.1 Å². The number of nitrogens with zero attached hydrogens (tertiary/aromatic N) is 5. The van der Waals surface area contributed by atoms with Gasteiger partial charge in [0, 0.05) is 37.5 Å². The first-order valence-corrected chi connectivity index (χ1v) is 10.1. The van der Waals surface area contributed by atoms with Crippen LogP contribution in [0.5, 0.6) is 0 Å². The SMILES string of the molecule is Cc1nc([C@@H]2CCCN(C(=O)Cc3csc(N4CCCNC4=O)n3)C2)n[nH]1. The Balaban J connectivity index is 1.38. The van der Waals surface area contributed by atoms with Crippen molar-refractivity contribution in [2.24, 2.45) is 0 Å². The average Bonchev–Trinajstić information content (AvgIpc) is 3.31. The van der Waals surface area contributed by atoms with Crippen molar-refractivity contribution in [1.29, 1.82) is 0 Å². The summed E-state index contributed by atoms with van der Waals surface area (Å²) in [5.74, 6) is 1.82. The number of amides is 3. The fraction of sp³-hybridized carbons (Fsp3) is 0.588. The van der Waals surface area contributed by atoms with Gasteiger partial charge in [-0.05, 0) is 26.2 Å². The van der Waals surface area contributed by atoms with Crippen molar-refractivity contribution < 1.29 is 9.59 Å². The predicted molar refractivity (Wildman–Crippen MR) is 101 cm³/mol. The van der Waals surface area contributed by atoms with Crippen LogP contribution in [0.2, 0.25) is 0 Å². The first-order valence-electron chi connectivity index (χ1n) is 9.26. The lowest BCUT2D eigenvalue weighted by Crippen LogP contribution is -2.46. The lowest BCUT2D eigenvalue weighted by atomic mass is 9.97. The van der Waals surface area contributed by atoms with Crippen LogP contribution in [0.25, 0.3) is 0 Å². The normalized spacial score (nSPS) is 20.6. The monoisotopic (exact) mass is 389 g/mol. The maximum atomic E-state index is 12.7. The van der Waals surface area contributed by atoms with E-state index < -0.39 is 0 Å². The molecular formula is C17H23N7O2S. The smallest absolute Gasteiger partial charge is 0.323 e. The summed E-state index contributed by atoms with van der Waals surface area (Å²) in [7, 11) is 0. The maximum absolute atomic E-state index is 12.7. The van der Waals surface area contributed by atoms with Crippen LogP contribution in [-0.2, 0) is 11.2 Å². The van der Waals surface area contributed by atoms with Gasteiger partial charge in [-0.1, -0.05) is 0 Å². The quantitative estimate of drug-likeness (QED) is 0.823. The van der Waals surface area contributed by atoms with Crippen LogP contribution in [-0.4, -0.2) is 63.2 Å². The van der Waals surface area contributed by atoms with Gasteiger partial charge in [0.2, 0.25) is 5.91 Å². The molecule has 2 aromatic rings. The Kier molecular flexibility index (Phi) is 5.06. The van der Waals surface area contributed by atoms with Crippen molar-refractivity contribution in [1.82, 2.24) is 30.4 Å². The number of piperidine rings is 1. The van der Waals surface area contributed by atoms with E-state index in [0.29, 0.717) is 30.5 Å². The lowest BCUT2D eigenvalue weighted by Gasteiger charge is -2.31.